The molecule has 0 aliphatic carbocycles. The van der Waals surface area contributed by atoms with Crippen molar-refractivity contribution < 1.29 is 13.2 Å². The topological polar surface area (TPSA) is 54.5 Å². The molecule has 1 aliphatic heterocycles. The van der Waals surface area contributed by atoms with E-state index in [4.69, 9.17) is 10.7 Å². The van der Waals surface area contributed by atoms with E-state index in [1.165, 1.54) is 0 Å². The van der Waals surface area contributed by atoms with Crippen LogP contribution in [0.2, 0.25) is 0 Å². The molecule has 1 aromatic carbocycles. The summed E-state index contributed by atoms with van der Waals surface area (Å²) in [6.45, 7) is 4.31. The van der Waals surface area contributed by atoms with E-state index in [9.17, 15) is 13.2 Å². The molecule has 0 saturated carbocycles. The number of halogens is 2. The summed E-state index contributed by atoms with van der Waals surface area (Å²) < 4.78 is 23.3. The first-order valence-corrected chi connectivity index (χ1v) is 9.44. The number of aryl methyl sites for hydroxylation is 2. The zero-order valence-corrected chi connectivity index (χ0v) is 14.3. The van der Waals surface area contributed by atoms with Crippen molar-refractivity contribution in [3.05, 3.63) is 27.7 Å². The third kappa shape index (κ3) is 3.54. The van der Waals surface area contributed by atoms with Crippen LogP contribution in [-0.2, 0) is 13.8 Å². The Morgan fingerprint density at radius 2 is 1.90 bits per heavy atom. The van der Waals surface area contributed by atoms with Crippen molar-refractivity contribution in [3.63, 3.8) is 0 Å². The van der Waals surface area contributed by atoms with Gasteiger partial charge < -0.3 is 4.90 Å². The minimum atomic E-state index is -3.57. The molecule has 1 saturated heterocycles. The molecule has 110 valence electrons. The Morgan fingerprint density at radius 1 is 1.35 bits per heavy atom. The first-order chi connectivity index (χ1) is 9.17. The molecule has 1 aliphatic rings. The van der Waals surface area contributed by atoms with Crippen molar-refractivity contribution in [1.29, 1.82) is 0 Å². The SMILES string of the molecule is Cc1cc(N2CC(CS(=O)(=O)Cl)CC2=O)cc(C)c1Br. The molecule has 2 rings (SSSR count). The van der Waals surface area contributed by atoms with Crippen molar-refractivity contribution in [2.75, 3.05) is 17.2 Å². The van der Waals surface area contributed by atoms with Crippen LogP contribution in [0.3, 0.4) is 0 Å². The van der Waals surface area contributed by atoms with E-state index in [0.29, 0.717) is 6.54 Å². The maximum Gasteiger partial charge on any atom is 0.232 e. The smallest absolute Gasteiger partial charge is 0.232 e. The van der Waals surface area contributed by atoms with E-state index >= 15 is 0 Å². The van der Waals surface area contributed by atoms with Gasteiger partial charge in [-0.3, -0.25) is 4.79 Å². The largest absolute Gasteiger partial charge is 0.312 e. The molecule has 20 heavy (non-hydrogen) atoms. The summed E-state index contributed by atoms with van der Waals surface area (Å²) in [6, 6.07) is 3.85. The number of anilines is 1. The molecule has 4 nitrogen and oxygen atoms in total. The third-order valence-electron chi connectivity index (χ3n) is 3.37. The van der Waals surface area contributed by atoms with Crippen LogP contribution in [-0.4, -0.2) is 26.6 Å². The first kappa shape index (κ1) is 15.8. The average molecular weight is 381 g/mol. The minimum absolute atomic E-state index is 0.0589. The van der Waals surface area contributed by atoms with Gasteiger partial charge in [0.25, 0.3) is 0 Å². The summed E-state index contributed by atoms with van der Waals surface area (Å²) in [7, 11) is 1.69. The number of nitrogens with zero attached hydrogens (tertiary/aromatic N) is 1. The molecule has 1 aromatic rings. The van der Waals surface area contributed by atoms with Gasteiger partial charge in [-0.25, -0.2) is 8.42 Å². The molecule has 1 amide bonds. The lowest BCUT2D eigenvalue weighted by Gasteiger charge is -2.19. The predicted octanol–water partition coefficient (Wildman–Crippen LogP) is 2.99. The van der Waals surface area contributed by atoms with Gasteiger partial charge in [-0.2, -0.15) is 0 Å². The van der Waals surface area contributed by atoms with E-state index in [-0.39, 0.29) is 24.0 Å². The second-order valence-electron chi connectivity index (χ2n) is 5.17. The number of hydrogen-bond acceptors (Lipinski definition) is 3. The predicted molar refractivity (Wildman–Crippen MR) is 83.7 cm³/mol. The van der Waals surface area contributed by atoms with Gasteiger partial charge in [-0.15, -0.1) is 0 Å². The highest BCUT2D eigenvalue weighted by Crippen LogP contribution is 2.31. The summed E-state index contributed by atoms with van der Waals surface area (Å²) in [5, 5.41) is 0. The fourth-order valence-corrected chi connectivity index (χ4v) is 4.05. The maximum atomic E-state index is 12.1. The van der Waals surface area contributed by atoms with Crippen molar-refractivity contribution >= 4 is 47.3 Å². The molecule has 0 spiro atoms. The maximum absolute atomic E-state index is 12.1. The normalized spacial score (nSPS) is 19.7. The Hall–Kier alpha value is -0.590. The van der Waals surface area contributed by atoms with Crippen molar-refractivity contribution in [2.24, 2.45) is 5.92 Å². The number of carbonyl (C=O) groups is 1. The summed E-state index contributed by atoms with van der Waals surface area (Å²) in [5.74, 6) is -0.462. The quantitative estimate of drug-likeness (QED) is 0.758. The van der Waals surface area contributed by atoms with Crippen LogP contribution in [0.4, 0.5) is 5.69 Å². The van der Waals surface area contributed by atoms with Gasteiger partial charge in [0, 0.05) is 39.7 Å². The summed E-state index contributed by atoms with van der Waals surface area (Å²) in [4.78, 5) is 13.7. The van der Waals surface area contributed by atoms with Crippen LogP contribution < -0.4 is 4.90 Å². The molecule has 0 bridgehead atoms. The Morgan fingerprint density at radius 3 is 2.40 bits per heavy atom. The van der Waals surface area contributed by atoms with Crippen molar-refractivity contribution in [2.45, 2.75) is 20.3 Å². The number of amides is 1. The number of benzene rings is 1. The van der Waals surface area contributed by atoms with Gasteiger partial charge in [0.05, 0.1) is 5.75 Å². The van der Waals surface area contributed by atoms with Gasteiger partial charge in [-0.1, -0.05) is 15.9 Å². The van der Waals surface area contributed by atoms with Crippen LogP contribution in [0.5, 0.6) is 0 Å². The highest BCUT2D eigenvalue weighted by atomic mass is 79.9. The van der Waals surface area contributed by atoms with E-state index < -0.39 is 9.05 Å². The number of hydrogen-bond donors (Lipinski definition) is 0. The Labute approximate surface area is 131 Å². The van der Waals surface area contributed by atoms with Crippen molar-refractivity contribution in [1.82, 2.24) is 0 Å². The minimum Gasteiger partial charge on any atom is -0.312 e. The second-order valence-corrected chi connectivity index (χ2v) is 8.79. The highest BCUT2D eigenvalue weighted by molar-refractivity contribution is 9.10. The fourth-order valence-electron chi connectivity index (χ4n) is 2.50. The fraction of sp³-hybridized carbons (Fsp3) is 0.462. The summed E-state index contributed by atoms with van der Waals surface area (Å²) in [5.41, 5.74) is 2.89. The molecule has 0 aromatic heterocycles. The van der Waals surface area contributed by atoms with E-state index in [0.717, 1.165) is 21.3 Å². The lowest BCUT2D eigenvalue weighted by Crippen LogP contribution is -2.25. The third-order valence-corrected chi connectivity index (χ3v) is 5.87. The molecule has 1 unspecified atom stereocenters. The monoisotopic (exact) mass is 379 g/mol. The standard InChI is InChI=1S/C13H15BrClNO3S/c1-8-3-11(4-9(2)13(8)14)16-6-10(5-12(16)17)7-20(15,18)19/h3-4,10H,5-7H2,1-2H3. The molecule has 1 atom stereocenters. The molecule has 1 fully saturated rings. The highest BCUT2D eigenvalue weighted by Gasteiger charge is 2.33. The molecular weight excluding hydrogens is 366 g/mol. The Balaban J connectivity index is 2.24. The van der Waals surface area contributed by atoms with E-state index in [1.807, 2.05) is 26.0 Å². The van der Waals surface area contributed by atoms with E-state index in [1.54, 1.807) is 4.90 Å². The summed E-state index contributed by atoms with van der Waals surface area (Å²) in [6.07, 6.45) is 0.222. The van der Waals surface area contributed by atoms with Crippen LogP contribution in [0.15, 0.2) is 16.6 Å². The van der Waals surface area contributed by atoms with Gasteiger partial charge in [0.15, 0.2) is 0 Å². The van der Waals surface area contributed by atoms with Crippen LogP contribution in [0.1, 0.15) is 17.5 Å². The first-order valence-electron chi connectivity index (χ1n) is 6.17. The zero-order chi connectivity index (χ0) is 15.1. The van der Waals surface area contributed by atoms with Crippen LogP contribution >= 0.6 is 26.6 Å². The van der Waals surface area contributed by atoms with E-state index in [2.05, 4.69) is 15.9 Å². The Bertz CT molecular complexity index is 637. The van der Waals surface area contributed by atoms with Crippen LogP contribution in [0, 0.1) is 19.8 Å². The molecule has 0 N–H and O–H groups in total. The average Bonchev–Trinajstić information content (AvgIpc) is 2.63. The second kappa shape index (κ2) is 5.66. The molecule has 1 heterocycles. The lowest BCUT2D eigenvalue weighted by molar-refractivity contribution is -0.117. The lowest BCUT2D eigenvalue weighted by atomic mass is 10.1. The van der Waals surface area contributed by atoms with Gasteiger partial charge in [0.2, 0.25) is 15.0 Å². The molecule has 0 radical (unpaired) electrons. The van der Waals surface area contributed by atoms with Gasteiger partial charge in [-0.05, 0) is 37.1 Å². The number of carbonyl (C=O) groups excluding carboxylic acids is 1. The zero-order valence-electron chi connectivity index (χ0n) is 11.2. The summed E-state index contributed by atoms with van der Waals surface area (Å²) >= 11 is 3.49. The van der Waals surface area contributed by atoms with Gasteiger partial charge in [0.1, 0.15) is 0 Å². The molecule has 7 heteroatoms. The number of rotatable bonds is 3. The Kier molecular flexibility index (Phi) is 4.47. The molecular formula is C13H15BrClNO3S. The van der Waals surface area contributed by atoms with Gasteiger partial charge >= 0.3 is 0 Å². The van der Waals surface area contributed by atoms with Crippen LogP contribution in [0.25, 0.3) is 0 Å². The van der Waals surface area contributed by atoms with Crippen molar-refractivity contribution in [3.8, 4) is 0 Å².